The number of ether oxygens (including phenoxy) is 1. The minimum atomic E-state index is -3.61. The summed E-state index contributed by atoms with van der Waals surface area (Å²) in [5.74, 6) is 0. The lowest BCUT2D eigenvalue weighted by Crippen LogP contribution is -2.41. The van der Waals surface area contributed by atoms with Crippen molar-refractivity contribution in [2.45, 2.75) is 57.6 Å². The van der Waals surface area contributed by atoms with Gasteiger partial charge >= 0.3 is 0 Å². The molecule has 21 heavy (non-hydrogen) atoms. The van der Waals surface area contributed by atoms with E-state index in [0.717, 1.165) is 24.0 Å². The van der Waals surface area contributed by atoms with Crippen LogP contribution in [0.3, 0.4) is 0 Å². The highest BCUT2D eigenvalue weighted by Gasteiger charge is 2.29. The highest BCUT2D eigenvalue weighted by atomic mass is 32.2. The van der Waals surface area contributed by atoms with Crippen molar-refractivity contribution in [2.24, 2.45) is 0 Å². The number of sulfonamides is 1. The van der Waals surface area contributed by atoms with Gasteiger partial charge in [0, 0.05) is 18.3 Å². The van der Waals surface area contributed by atoms with Crippen molar-refractivity contribution in [1.29, 1.82) is 0 Å². The zero-order chi connectivity index (χ0) is 15.8. The van der Waals surface area contributed by atoms with E-state index in [4.69, 9.17) is 10.5 Å². The fourth-order valence-corrected chi connectivity index (χ4v) is 4.66. The number of benzene rings is 1. The third kappa shape index (κ3) is 3.22. The molecule has 1 aromatic rings. The molecule has 118 valence electrons. The van der Waals surface area contributed by atoms with Gasteiger partial charge in [0.25, 0.3) is 0 Å². The van der Waals surface area contributed by atoms with Crippen molar-refractivity contribution in [2.75, 3.05) is 12.3 Å². The van der Waals surface area contributed by atoms with E-state index in [1.165, 1.54) is 0 Å². The number of hydrogen-bond acceptors (Lipinski definition) is 4. The first-order valence-corrected chi connectivity index (χ1v) is 8.72. The molecule has 0 amide bonds. The zero-order valence-electron chi connectivity index (χ0n) is 13.1. The standard InChI is InChI=1S/C15H24N2O3S/c1-9-8-13(16)11(3)15(10(9)2)21(18,19)17-12(4)14-6-5-7-20-14/h8,12,14,17H,5-7,16H2,1-4H3. The third-order valence-electron chi connectivity index (χ3n) is 4.21. The number of nitrogen functional groups attached to an aromatic ring is 1. The average molecular weight is 312 g/mol. The van der Waals surface area contributed by atoms with Crippen molar-refractivity contribution < 1.29 is 13.2 Å². The first-order chi connectivity index (χ1) is 9.74. The number of hydrogen-bond donors (Lipinski definition) is 2. The summed E-state index contributed by atoms with van der Waals surface area (Å²) in [6.45, 7) is 7.97. The van der Waals surface area contributed by atoms with E-state index in [-0.39, 0.29) is 12.1 Å². The molecular weight excluding hydrogens is 288 g/mol. The third-order valence-corrected chi connectivity index (χ3v) is 6.04. The van der Waals surface area contributed by atoms with Crippen LogP contribution in [-0.4, -0.2) is 27.2 Å². The predicted molar refractivity (Wildman–Crippen MR) is 83.8 cm³/mol. The summed E-state index contributed by atoms with van der Waals surface area (Å²) in [5, 5.41) is 0. The van der Waals surface area contributed by atoms with Crippen LogP contribution in [0, 0.1) is 20.8 Å². The van der Waals surface area contributed by atoms with Gasteiger partial charge in [-0.25, -0.2) is 13.1 Å². The Balaban J connectivity index is 2.35. The van der Waals surface area contributed by atoms with Crippen LogP contribution in [0.25, 0.3) is 0 Å². The fourth-order valence-electron chi connectivity index (χ4n) is 2.82. The quantitative estimate of drug-likeness (QED) is 0.834. The zero-order valence-corrected chi connectivity index (χ0v) is 13.9. The van der Waals surface area contributed by atoms with E-state index in [9.17, 15) is 8.42 Å². The summed E-state index contributed by atoms with van der Waals surface area (Å²) in [5.41, 5.74) is 8.65. The van der Waals surface area contributed by atoms with Gasteiger partial charge in [-0.05, 0) is 63.3 Å². The molecule has 0 aromatic heterocycles. The Labute approximate surface area is 126 Å². The van der Waals surface area contributed by atoms with Crippen LogP contribution in [-0.2, 0) is 14.8 Å². The molecule has 5 nitrogen and oxygen atoms in total. The largest absolute Gasteiger partial charge is 0.398 e. The molecule has 2 unspecified atom stereocenters. The molecule has 0 bridgehead atoms. The van der Waals surface area contributed by atoms with Gasteiger partial charge in [0.15, 0.2) is 0 Å². The summed E-state index contributed by atoms with van der Waals surface area (Å²) in [7, 11) is -3.61. The van der Waals surface area contributed by atoms with Gasteiger partial charge in [0.1, 0.15) is 0 Å². The van der Waals surface area contributed by atoms with Crippen molar-refractivity contribution >= 4 is 15.7 Å². The Kier molecular flexibility index (Phi) is 4.60. The number of nitrogens with one attached hydrogen (secondary N) is 1. The van der Waals surface area contributed by atoms with Gasteiger partial charge in [-0.15, -0.1) is 0 Å². The molecule has 1 aliphatic heterocycles. The summed E-state index contributed by atoms with van der Waals surface area (Å²) in [6, 6.07) is 1.56. The van der Waals surface area contributed by atoms with Gasteiger partial charge < -0.3 is 10.5 Å². The molecule has 0 aliphatic carbocycles. The van der Waals surface area contributed by atoms with Crippen LogP contribution in [0.15, 0.2) is 11.0 Å². The van der Waals surface area contributed by atoms with E-state index < -0.39 is 10.0 Å². The smallest absolute Gasteiger partial charge is 0.241 e. The Morgan fingerprint density at radius 2 is 2.00 bits per heavy atom. The van der Waals surface area contributed by atoms with Gasteiger partial charge in [0.2, 0.25) is 10.0 Å². The number of anilines is 1. The Morgan fingerprint density at radius 3 is 2.57 bits per heavy atom. The van der Waals surface area contributed by atoms with E-state index in [1.807, 2.05) is 26.8 Å². The second kappa shape index (κ2) is 5.94. The van der Waals surface area contributed by atoms with Crippen molar-refractivity contribution in [3.63, 3.8) is 0 Å². The Hall–Kier alpha value is -1.11. The maximum absolute atomic E-state index is 12.7. The average Bonchev–Trinajstić information content (AvgIpc) is 2.89. The van der Waals surface area contributed by atoms with Crippen LogP contribution < -0.4 is 10.5 Å². The van der Waals surface area contributed by atoms with E-state index in [1.54, 1.807) is 6.92 Å². The van der Waals surface area contributed by atoms with Gasteiger partial charge in [-0.3, -0.25) is 0 Å². The maximum Gasteiger partial charge on any atom is 0.241 e. The molecule has 0 spiro atoms. The van der Waals surface area contributed by atoms with E-state index in [0.29, 0.717) is 22.8 Å². The summed E-state index contributed by atoms with van der Waals surface area (Å²) < 4.78 is 33.7. The minimum Gasteiger partial charge on any atom is -0.398 e. The molecule has 1 aliphatic rings. The summed E-state index contributed by atoms with van der Waals surface area (Å²) in [4.78, 5) is 0.296. The molecule has 2 rings (SSSR count). The molecule has 1 saturated heterocycles. The van der Waals surface area contributed by atoms with E-state index in [2.05, 4.69) is 4.72 Å². The molecule has 2 atom stereocenters. The maximum atomic E-state index is 12.7. The van der Waals surface area contributed by atoms with Crippen LogP contribution in [0.4, 0.5) is 5.69 Å². The molecule has 1 aromatic carbocycles. The summed E-state index contributed by atoms with van der Waals surface area (Å²) in [6.07, 6.45) is 1.81. The Bertz CT molecular complexity index is 609. The second-order valence-electron chi connectivity index (χ2n) is 5.82. The lowest BCUT2D eigenvalue weighted by molar-refractivity contribution is 0.0902. The molecule has 1 heterocycles. The highest BCUT2D eigenvalue weighted by Crippen LogP contribution is 2.28. The highest BCUT2D eigenvalue weighted by molar-refractivity contribution is 7.89. The lowest BCUT2D eigenvalue weighted by atomic mass is 10.1. The van der Waals surface area contributed by atoms with Crippen LogP contribution in [0.2, 0.25) is 0 Å². The summed E-state index contributed by atoms with van der Waals surface area (Å²) >= 11 is 0. The topological polar surface area (TPSA) is 81.4 Å². The molecule has 0 saturated carbocycles. The van der Waals surface area contributed by atoms with E-state index >= 15 is 0 Å². The first kappa shape index (κ1) is 16.3. The molecule has 0 radical (unpaired) electrons. The molecule has 1 fully saturated rings. The Morgan fingerprint density at radius 1 is 1.33 bits per heavy atom. The number of aryl methyl sites for hydroxylation is 1. The van der Waals surface area contributed by atoms with Crippen LogP contribution >= 0.6 is 0 Å². The van der Waals surface area contributed by atoms with Gasteiger partial charge in [-0.2, -0.15) is 0 Å². The van der Waals surface area contributed by atoms with Crippen molar-refractivity contribution in [3.05, 3.63) is 22.8 Å². The minimum absolute atomic E-state index is 0.0532. The second-order valence-corrected chi connectivity index (χ2v) is 7.47. The molecule has 6 heteroatoms. The predicted octanol–water partition coefficient (Wildman–Crippen LogP) is 2.04. The lowest BCUT2D eigenvalue weighted by Gasteiger charge is -2.22. The number of rotatable bonds is 4. The van der Waals surface area contributed by atoms with Crippen molar-refractivity contribution in [1.82, 2.24) is 4.72 Å². The fraction of sp³-hybridized carbons (Fsp3) is 0.600. The first-order valence-electron chi connectivity index (χ1n) is 7.24. The SMILES string of the molecule is Cc1cc(N)c(C)c(S(=O)(=O)NC(C)C2CCCO2)c1C. The molecule has 3 N–H and O–H groups in total. The van der Waals surface area contributed by atoms with Crippen LogP contribution in [0.1, 0.15) is 36.5 Å². The van der Waals surface area contributed by atoms with Gasteiger partial charge in [0.05, 0.1) is 11.0 Å². The van der Waals surface area contributed by atoms with Crippen LogP contribution in [0.5, 0.6) is 0 Å². The normalized spacial score (nSPS) is 20.7. The number of nitrogens with two attached hydrogens (primary N) is 1. The monoisotopic (exact) mass is 312 g/mol. The molecular formula is C15H24N2O3S. The van der Waals surface area contributed by atoms with Crippen molar-refractivity contribution in [3.8, 4) is 0 Å². The van der Waals surface area contributed by atoms with Gasteiger partial charge in [-0.1, -0.05) is 0 Å².